The molecule has 0 aliphatic carbocycles. The molecule has 5 N–H and O–H groups in total. The summed E-state index contributed by atoms with van der Waals surface area (Å²) in [6, 6.07) is 6.08. The molecule has 3 rings (SSSR count). The Kier molecular flexibility index (Phi) is 3.77. The Morgan fingerprint density at radius 1 is 1.12 bits per heavy atom. The van der Waals surface area contributed by atoms with Crippen molar-refractivity contribution in [2.45, 2.75) is 18.7 Å². The van der Waals surface area contributed by atoms with E-state index in [0.717, 1.165) is 0 Å². The molecule has 25 heavy (non-hydrogen) atoms. The van der Waals surface area contributed by atoms with Crippen molar-refractivity contribution in [3.05, 3.63) is 51.4 Å². The highest BCUT2D eigenvalue weighted by atomic mass is 32.2. The molecule has 0 atom stereocenters. The van der Waals surface area contributed by atoms with Crippen molar-refractivity contribution >= 4 is 27.0 Å². The second kappa shape index (κ2) is 5.57. The first-order chi connectivity index (χ1) is 11.6. The van der Waals surface area contributed by atoms with Gasteiger partial charge in [0.1, 0.15) is 4.90 Å². The standard InChI is InChI=1S/C16H15N3O5S/c1-7-5-10(15(20)21)14(25(17,23)24)13(8(7)2)9-3-4-11-12(6-9)19-16(22)18-11/h3-6H,1-2H3,(H,20,21)(H2,17,23,24)(H2,18,19,22). The number of aromatic carboxylic acids is 1. The summed E-state index contributed by atoms with van der Waals surface area (Å²) >= 11 is 0. The van der Waals surface area contributed by atoms with Gasteiger partial charge >= 0.3 is 11.7 Å². The lowest BCUT2D eigenvalue weighted by molar-refractivity contribution is 0.0692. The Bertz CT molecular complexity index is 1190. The minimum Gasteiger partial charge on any atom is -0.478 e. The monoisotopic (exact) mass is 361 g/mol. The van der Waals surface area contributed by atoms with Gasteiger partial charge in [-0.15, -0.1) is 0 Å². The predicted octanol–water partition coefficient (Wildman–Crippen LogP) is 1.49. The molecule has 1 aromatic heterocycles. The lowest BCUT2D eigenvalue weighted by atomic mass is 9.94. The van der Waals surface area contributed by atoms with Gasteiger partial charge in [0.05, 0.1) is 16.6 Å². The fourth-order valence-electron chi connectivity index (χ4n) is 2.88. The molecule has 8 nitrogen and oxygen atoms in total. The second-order valence-electron chi connectivity index (χ2n) is 5.76. The maximum Gasteiger partial charge on any atom is 0.337 e. The zero-order chi connectivity index (χ0) is 18.5. The van der Waals surface area contributed by atoms with Gasteiger partial charge < -0.3 is 15.1 Å². The molecule has 0 saturated carbocycles. The number of benzene rings is 2. The van der Waals surface area contributed by atoms with Crippen molar-refractivity contribution in [1.82, 2.24) is 9.97 Å². The van der Waals surface area contributed by atoms with Crippen molar-refractivity contribution in [2.24, 2.45) is 5.14 Å². The van der Waals surface area contributed by atoms with Crippen LogP contribution < -0.4 is 10.8 Å². The molecule has 0 aliphatic heterocycles. The van der Waals surface area contributed by atoms with Gasteiger partial charge in [-0.05, 0) is 48.7 Å². The molecule has 130 valence electrons. The average Bonchev–Trinajstić information content (AvgIpc) is 2.87. The van der Waals surface area contributed by atoms with Gasteiger partial charge in [0.2, 0.25) is 10.0 Å². The summed E-state index contributed by atoms with van der Waals surface area (Å²) in [5, 5.41) is 14.7. The number of hydrogen-bond acceptors (Lipinski definition) is 4. The van der Waals surface area contributed by atoms with E-state index in [2.05, 4.69) is 9.97 Å². The SMILES string of the molecule is Cc1cc(C(=O)O)c(S(N)(=O)=O)c(-c2ccc3[nH]c(=O)[nH]c3c2)c1C. The quantitative estimate of drug-likeness (QED) is 0.558. The van der Waals surface area contributed by atoms with Gasteiger partial charge in [0, 0.05) is 5.56 Å². The number of nitrogens with two attached hydrogens (primary N) is 1. The molecule has 0 saturated heterocycles. The van der Waals surface area contributed by atoms with Crippen LogP contribution in [0.2, 0.25) is 0 Å². The third-order valence-corrected chi connectivity index (χ3v) is 5.11. The molecule has 0 fully saturated rings. The lowest BCUT2D eigenvalue weighted by Gasteiger charge is -2.16. The molecular formula is C16H15N3O5S. The second-order valence-corrected chi connectivity index (χ2v) is 7.26. The van der Waals surface area contributed by atoms with E-state index in [-0.39, 0.29) is 11.1 Å². The Morgan fingerprint density at radius 3 is 2.36 bits per heavy atom. The van der Waals surface area contributed by atoms with Gasteiger partial charge in [0.25, 0.3) is 0 Å². The van der Waals surface area contributed by atoms with Gasteiger partial charge in [-0.1, -0.05) is 6.07 Å². The summed E-state index contributed by atoms with van der Waals surface area (Å²) < 4.78 is 24.3. The van der Waals surface area contributed by atoms with Gasteiger partial charge in [-0.25, -0.2) is 23.1 Å². The smallest absolute Gasteiger partial charge is 0.337 e. The number of aromatic nitrogens is 2. The molecule has 0 unspecified atom stereocenters. The van der Waals surface area contributed by atoms with Crippen molar-refractivity contribution in [2.75, 3.05) is 0 Å². The summed E-state index contributed by atoms with van der Waals surface area (Å²) in [7, 11) is -4.31. The van der Waals surface area contributed by atoms with E-state index in [1.807, 2.05) is 0 Å². The number of carboxylic acids is 1. The van der Waals surface area contributed by atoms with Crippen LogP contribution >= 0.6 is 0 Å². The molecule has 0 bridgehead atoms. The average molecular weight is 361 g/mol. The number of rotatable bonds is 3. The van der Waals surface area contributed by atoms with Crippen LogP contribution in [0.5, 0.6) is 0 Å². The topological polar surface area (TPSA) is 146 Å². The number of carbonyl (C=O) groups is 1. The van der Waals surface area contributed by atoms with Crippen LogP contribution in [0.15, 0.2) is 34.0 Å². The number of sulfonamides is 1. The third kappa shape index (κ3) is 2.83. The fourth-order valence-corrected chi connectivity index (χ4v) is 3.89. The number of H-pyrrole nitrogens is 2. The van der Waals surface area contributed by atoms with Crippen molar-refractivity contribution in [3.8, 4) is 11.1 Å². The van der Waals surface area contributed by atoms with Crippen LogP contribution in [-0.2, 0) is 10.0 Å². The minimum atomic E-state index is -4.31. The minimum absolute atomic E-state index is 0.212. The van der Waals surface area contributed by atoms with Crippen LogP contribution in [-0.4, -0.2) is 29.5 Å². The van der Waals surface area contributed by atoms with Crippen LogP contribution in [0.25, 0.3) is 22.2 Å². The molecule has 0 spiro atoms. The number of nitrogens with one attached hydrogen (secondary N) is 2. The van der Waals surface area contributed by atoms with Gasteiger partial charge in [-0.3, -0.25) is 0 Å². The molecule has 0 amide bonds. The van der Waals surface area contributed by atoms with Crippen molar-refractivity contribution in [1.29, 1.82) is 0 Å². The molecule has 0 aliphatic rings. The van der Waals surface area contributed by atoms with E-state index < -0.39 is 26.6 Å². The van der Waals surface area contributed by atoms with Crippen molar-refractivity contribution in [3.63, 3.8) is 0 Å². The van der Waals surface area contributed by atoms with Gasteiger partial charge in [-0.2, -0.15) is 0 Å². The summed E-state index contributed by atoms with van der Waals surface area (Å²) in [5.41, 5.74) is 2.10. The highest BCUT2D eigenvalue weighted by molar-refractivity contribution is 7.89. The van der Waals surface area contributed by atoms with E-state index in [0.29, 0.717) is 27.7 Å². The van der Waals surface area contributed by atoms with Crippen LogP contribution in [0, 0.1) is 13.8 Å². The number of primary sulfonamides is 1. The van der Waals surface area contributed by atoms with E-state index in [4.69, 9.17) is 5.14 Å². The van der Waals surface area contributed by atoms with Crippen LogP contribution in [0.4, 0.5) is 0 Å². The van der Waals surface area contributed by atoms with Crippen LogP contribution in [0.1, 0.15) is 21.5 Å². The normalized spacial score (nSPS) is 11.8. The number of aryl methyl sites for hydroxylation is 1. The molecule has 1 heterocycles. The number of aromatic amines is 2. The maximum atomic E-state index is 12.1. The summed E-state index contributed by atoms with van der Waals surface area (Å²) in [6.07, 6.45) is 0. The Labute approximate surface area is 142 Å². The number of hydrogen-bond donors (Lipinski definition) is 4. The maximum absolute atomic E-state index is 12.1. The number of imidazole rings is 1. The predicted molar refractivity (Wildman–Crippen MR) is 92.2 cm³/mol. The lowest BCUT2D eigenvalue weighted by Crippen LogP contribution is -2.19. The first-order valence-corrected chi connectivity index (χ1v) is 8.77. The summed E-state index contributed by atoms with van der Waals surface area (Å²) in [6.45, 7) is 3.38. The zero-order valence-corrected chi connectivity index (χ0v) is 14.2. The highest BCUT2D eigenvalue weighted by Gasteiger charge is 2.27. The van der Waals surface area contributed by atoms with E-state index in [1.54, 1.807) is 32.0 Å². The Hall–Kier alpha value is -2.91. The highest BCUT2D eigenvalue weighted by Crippen LogP contribution is 2.35. The third-order valence-electron chi connectivity index (χ3n) is 4.12. The Balaban J connectivity index is 2.48. The molecular weight excluding hydrogens is 346 g/mol. The van der Waals surface area contributed by atoms with E-state index >= 15 is 0 Å². The summed E-state index contributed by atoms with van der Waals surface area (Å²) in [4.78, 5) is 27.7. The van der Waals surface area contributed by atoms with E-state index in [9.17, 15) is 23.1 Å². The largest absolute Gasteiger partial charge is 0.478 e. The molecule has 0 radical (unpaired) electrons. The van der Waals surface area contributed by atoms with Gasteiger partial charge in [0.15, 0.2) is 0 Å². The molecule has 2 aromatic carbocycles. The van der Waals surface area contributed by atoms with Crippen LogP contribution in [0.3, 0.4) is 0 Å². The van der Waals surface area contributed by atoms with E-state index in [1.165, 1.54) is 6.07 Å². The first kappa shape index (κ1) is 16.9. The number of fused-ring (bicyclic) bond motifs is 1. The molecule has 3 aromatic rings. The summed E-state index contributed by atoms with van der Waals surface area (Å²) in [5.74, 6) is -1.38. The van der Waals surface area contributed by atoms with Crippen molar-refractivity contribution < 1.29 is 18.3 Å². The molecule has 9 heteroatoms. The first-order valence-electron chi connectivity index (χ1n) is 7.22. The zero-order valence-electron chi connectivity index (χ0n) is 13.4. The number of carboxylic acid groups (broad SMARTS) is 1. The fraction of sp³-hybridized carbons (Fsp3) is 0.125. The Morgan fingerprint density at radius 2 is 1.76 bits per heavy atom.